The van der Waals surface area contributed by atoms with Gasteiger partial charge in [-0.05, 0) is 26.7 Å². The maximum Gasteiger partial charge on any atom is 0.306 e. The minimum Gasteiger partial charge on any atom is -0.341 e. The molecule has 9 nitrogen and oxygen atoms in total. The van der Waals surface area contributed by atoms with Crippen LogP contribution in [-0.2, 0) is 16.1 Å². The molecule has 1 aromatic rings. The number of aryl methyl sites for hydroxylation is 1. The van der Waals surface area contributed by atoms with Gasteiger partial charge in [-0.3, -0.25) is 24.4 Å². The number of likely N-dealkylation sites (tertiary alicyclic amines) is 1. The monoisotopic (exact) mass is 337 g/mol. The number of hydrogen-bond donors (Lipinski definition) is 0. The van der Waals surface area contributed by atoms with Crippen LogP contribution in [0.5, 0.6) is 0 Å². The maximum absolute atomic E-state index is 12.5. The Morgan fingerprint density at radius 1 is 1.42 bits per heavy atom. The van der Waals surface area contributed by atoms with Crippen LogP contribution < -0.4 is 0 Å². The van der Waals surface area contributed by atoms with E-state index in [0.29, 0.717) is 26.1 Å². The van der Waals surface area contributed by atoms with Crippen LogP contribution in [0, 0.1) is 10.1 Å². The lowest BCUT2D eigenvalue weighted by atomic mass is 10.2. The van der Waals surface area contributed by atoms with E-state index in [4.69, 9.17) is 0 Å². The fraction of sp³-hybridized carbons (Fsp3) is 0.667. The van der Waals surface area contributed by atoms with Crippen LogP contribution in [0.15, 0.2) is 12.4 Å². The lowest BCUT2D eigenvalue weighted by Crippen LogP contribution is -2.47. The fourth-order valence-corrected chi connectivity index (χ4v) is 2.99. The normalized spacial score (nSPS) is 17.1. The third kappa shape index (κ3) is 3.90. The number of carbonyl (C=O) groups excluding carboxylic acids is 2. The Morgan fingerprint density at radius 2 is 2.12 bits per heavy atom. The zero-order valence-corrected chi connectivity index (χ0v) is 14.1. The molecule has 1 atom stereocenters. The van der Waals surface area contributed by atoms with Crippen LogP contribution in [0.2, 0.25) is 0 Å². The SMILES string of the molecule is CCN(CC)C(=O)[C@H]1CCCN1C(=O)CCn1cc([N+](=O)[O-])cn1. The number of nitro groups is 1. The molecule has 2 rings (SSSR count). The predicted molar refractivity (Wildman–Crippen MR) is 86.2 cm³/mol. The van der Waals surface area contributed by atoms with Crippen molar-refractivity contribution in [3.05, 3.63) is 22.5 Å². The van der Waals surface area contributed by atoms with Crippen molar-refractivity contribution in [2.24, 2.45) is 0 Å². The number of nitrogens with zero attached hydrogens (tertiary/aromatic N) is 5. The minimum atomic E-state index is -0.523. The standard InChI is InChI=1S/C15H23N5O4/c1-3-17(4-2)15(22)13-6-5-8-19(13)14(21)7-9-18-11-12(10-16-18)20(23)24/h10-11,13H,3-9H2,1-2H3/t13-/m1/s1. The van der Waals surface area contributed by atoms with Crippen LogP contribution in [0.1, 0.15) is 33.1 Å². The van der Waals surface area contributed by atoms with Gasteiger partial charge in [-0.1, -0.05) is 0 Å². The predicted octanol–water partition coefficient (Wildman–Crippen LogP) is 1.04. The molecular weight excluding hydrogens is 314 g/mol. The number of hydrogen-bond acceptors (Lipinski definition) is 5. The van der Waals surface area contributed by atoms with Gasteiger partial charge in [0.05, 0.1) is 4.92 Å². The van der Waals surface area contributed by atoms with E-state index < -0.39 is 4.92 Å². The van der Waals surface area contributed by atoms with Crippen molar-refractivity contribution in [1.82, 2.24) is 19.6 Å². The summed E-state index contributed by atoms with van der Waals surface area (Å²) in [6, 6.07) is -0.385. The largest absolute Gasteiger partial charge is 0.341 e. The summed E-state index contributed by atoms with van der Waals surface area (Å²) >= 11 is 0. The molecule has 2 amide bonds. The molecule has 9 heteroatoms. The van der Waals surface area contributed by atoms with Crippen LogP contribution in [0.4, 0.5) is 5.69 Å². The second-order valence-corrected chi connectivity index (χ2v) is 5.72. The van der Waals surface area contributed by atoms with E-state index in [2.05, 4.69) is 5.10 Å². The van der Waals surface area contributed by atoms with Crippen LogP contribution in [0.3, 0.4) is 0 Å². The molecule has 0 radical (unpaired) electrons. The zero-order chi connectivity index (χ0) is 17.7. The summed E-state index contributed by atoms with van der Waals surface area (Å²) < 4.78 is 1.38. The molecule has 24 heavy (non-hydrogen) atoms. The molecule has 132 valence electrons. The first-order chi connectivity index (χ1) is 11.5. The highest BCUT2D eigenvalue weighted by Gasteiger charge is 2.35. The van der Waals surface area contributed by atoms with E-state index in [-0.39, 0.29) is 36.5 Å². The van der Waals surface area contributed by atoms with Gasteiger partial charge in [0.1, 0.15) is 18.4 Å². The van der Waals surface area contributed by atoms with E-state index in [1.807, 2.05) is 13.8 Å². The highest BCUT2D eigenvalue weighted by Crippen LogP contribution is 2.20. The Hall–Kier alpha value is -2.45. The van der Waals surface area contributed by atoms with E-state index in [9.17, 15) is 19.7 Å². The lowest BCUT2D eigenvalue weighted by Gasteiger charge is -2.29. The molecule has 0 N–H and O–H groups in total. The Balaban J connectivity index is 1.95. The highest BCUT2D eigenvalue weighted by molar-refractivity contribution is 5.88. The number of carbonyl (C=O) groups is 2. The Labute approximate surface area is 140 Å². The summed E-state index contributed by atoms with van der Waals surface area (Å²) in [6.45, 7) is 5.95. The second-order valence-electron chi connectivity index (χ2n) is 5.72. The molecule has 1 fully saturated rings. The number of amides is 2. The summed E-state index contributed by atoms with van der Waals surface area (Å²) in [4.78, 5) is 38.5. The van der Waals surface area contributed by atoms with Gasteiger partial charge in [-0.2, -0.15) is 5.10 Å². The molecule has 1 saturated heterocycles. The fourth-order valence-electron chi connectivity index (χ4n) is 2.99. The molecule has 0 aliphatic carbocycles. The van der Waals surface area contributed by atoms with Gasteiger partial charge in [-0.25, -0.2) is 0 Å². The molecule has 0 aromatic carbocycles. The van der Waals surface area contributed by atoms with Crippen molar-refractivity contribution in [3.8, 4) is 0 Å². The maximum atomic E-state index is 12.5. The topological polar surface area (TPSA) is 102 Å². The average molecular weight is 337 g/mol. The third-order valence-corrected chi connectivity index (χ3v) is 4.32. The zero-order valence-electron chi connectivity index (χ0n) is 14.1. The van der Waals surface area contributed by atoms with Crippen LogP contribution in [0.25, 0.3) is 0 Å². The Bertz CT molecular complexity index is 611. The van der Waals surface area contributed by atoms with Crippen molar-refractivity contribution in [1.29, 1.82) is 0 Å². The van der Waals surface area contributed by atoms with Crippen LogP contribution in [-0.4, -0.2) is 62.0 Å². The van der Waals surface area contributed by atoms with Gasteiger partial charge in [0.25, 0.3) is 0 Å². The summed E-state index contributed by atoms with van der Waals surface area (Å²) in [5.41, 5.74) is -0.0989. The molecule has 1 aliphatic rings. The van der Waals surface area contributed by atoms with Gasteiger partial charge in [-0.15, -0.1) is 0 Å². The first-order valence-corrected chi connectivity index (χ1v) is 8.23. The average Bonchev–Trinajstić information content (AvgIpc) is 3.23. The molecule has 0 bridgehead atoms. The van der Waals surface area contributed by atoms with Crippen molar-refractivity contribution in [3.63, 3.8) is 0 Å². The van der Waals surface area contributed by atoms with E-state index >= 15 is 0 Å². The molecule has 0 spiro atoms. The van der Waals surface area contributed by atoms with Gasteiger partial charge >= 0.3 is 5.69 Å². The van der Waals surface area contributed by atoms with Crippen molar-refractivity contribution < 1.29 is 14.5 Å². The summed E-state index contributed by atoms with van der Waals surface area (Å²) in [6.07, 6.45) is 4.13. The van der Waals surface area contributed by atoms with Crippen molar-refractivity contribution >= 4 is 17.5 Å². The number of rotatable bonds is 7. The number of aromatic nitrogens is 2. The lowest BCUT2D eigenvalue weighted by molar-refractivity contribution is -0.385. The molecular formula is C15H23N5O4. The Kier molecular flexibility index (Phi) is 5.88. The number of likely N-dealkylation sites (N-methyl/N-ethyl adjacent to an activating group) is 1. The molecule has 2 heterocycles. The van der Waals surface area contributed by atoms with Gasteiger partial charge in [0.2, 0.25) is 11.8 Å². The summed E-state index contributed by atoms with van der Waals surface area (Å²) in [5.74, 6) is -0.114. The Morgan fingerprint density at radius 3 is 2.71 bits per heavy atom. The molecule has 0 saturated carbocycles. The van der Waals surface area contributed by atoms with Crippen molar-refractivity contribution in [2.75, 3.05) is 19.6 Å². The van der Waals surface area contributed by atoms with E-state index in [1.165, 1.54) is 10.9 Å². The van der Waals surface area contributed by atoms with Crippen molar-refractivity contribution in [2.45, 2.75) is 45.7 Å². The minimum absolute atomic E-state index is 0.000534. The molecule has 1 aliphatic heterocycles. The van der Waals surface area contributed by atoms with Crippen LogP contribution >= 0.6 is 0 Å². The highest BCUT2D eigenvalue weighted by atomic mass is 16.6. The first kappa shape index (κ1) is 17.9. The smallest absolute Gasteiger partial charge is 0.306 e. The van der Waals surface area contributed by atoms with E-state index in [1.54, 1.807) is 9.80 Å². The summed E-state index contributed by atoms with van der Waals surface area (Å²) in [5, 5.41) is 14.5. The van der Waals surface area contributed by atoms with Gasteiger partial charge in [0.15, 0.2) is 0 Å². The first-order valence-electron chi connectivity index (χ1n) is 8.23. The van der Waals surface area contributed by atoms with Gasteiger partial charge in [0, 0.05) is 32.6 Å². The second kappa shape index (κ2) is 7.89. The van der Waals surface area contributed by atoms with E-state index in [0.717, 1.165) is 12.6 Å². The summed E-state index contributed by atoms with van der Waals surface area (Å²) in [7, 11) is 0. The quantitative estimate of drug-likeness (QED) is 0.546. The molecule has 0 unspecified atom stereocenters. The van der Waals surface area contributed by atoms with Gasteiger partial charge < -0.3 is 9.80 Å². The molecule has 1 aromatic heterocycles. The third-order valence-electron chi connectivity index (χ3n) is 4.32.